The van der Waals surface area contributed by atoms with Crippen LogP contribution in [0.3, 0.4) is 0 Å². The Morgan fingerprint density at radius 2 is 2.25 bits per heavy atom. The summed E-state index contributed by atoms with van der Waals surface area (Å²) in [6.45, 7) is -0.0162. The Morgan fingerprint density at radius 3 is 2.62 bits per heavy atom. The maximum absolute atomic E-state index is 10.3. The Bertz CT molecular complexity index is 117. The minimum atomic E-state index is -0.304. The molecule has 0 bridgehead atoms. The number of carbonyl (C=O) groups is 1. The topological polar surface area (TPSA) is 35.5 Å². The molecule has 3 nitrogen and oxygen atoms in total. The molecule has 1 fully saturated rings. The fraction of sp³-hybridized carbons (Fsp3) is 0.500. The van der Waals surface area contributed by atoms with E-state index in [-0.39, 0.29) is 19.2 Å². The van der Waals surface area contributed by atoms with Crippen LogP contribution >= 0.6 is 12.2 Å². The van der Waals surface area contributed by atoms with Gasteiger partial charge in [-0.2, -0.15) is 0 Å². The molecule has 0 aromatic rings. The largest absolute Gasteiger partial charge is 0.450 e. The maximum atomic E-state index is 10.3. The van der Waals surface area contributed by atoms with Crippen molar-refractivity contribution in [2.75, 3.05) is 6.79 Å². The highest BCUT2D eigenvalue weighted by molar-refractivity contribution is 7.80. The van der Waals surface area contributed by atoms with Crippen molar-refractivity contribution in [1.82, 2.24) is 0 Å². The monoisotopic (exact) mass is 132 g/mol. The molecule has 1 aliphatic rings. The first-order chi connectivity index (χ1) is 3.79. The first-order valence-corrected chi connectivity index (χ1v) is 2.51. The molecule has 8 heavy (non-hydrogen) atoms. The summed E-state index contributed by atoms with van der Waals surface area (Å²) in [5.41, 5.74) is 0. The lowest BCUT2D eigenvalue weighted by Crippen LogP contribution is -2.21. The van der Waals surface area contributed by atoms with Crippen molar-refractivity contribution in [1.29, 1.82) is 0 Å². The van der Waals surface area contributed by atoms with Gasteiger partial charge in [0, 0.05) is 0 Å². The van der Waals surface area contributed by atoms with E-state index in [9.17, 15) is 4.79 Å². The quantitative estimate of drug-likeness (QED) is 0.349. The van der Waals surface area contributed by atoms with Gasteiger partial charge < -0.3 is 9.47 Å². The van der Waals surface area contributed by atoms with Crippen LogP contribution in [0.5, 0.6) is 0 Å². The van der Waals surface area contributed by atoms with Crippen molar-refractivity contribution < 1.29 is 14.3 Å². The van der Waals surface area contributed by atoms with Gasteiger partial charge in [-0.15, -0.1) is 0 Å². The third-order valence-corrected chi connectivity index (χ3v) is 0.991. The second-order valence-corrected chi connectivity index (χ2v) is 1.78. The highest BCUT2D eigenvalue weighted by Gasteiger charge is 2.13. The summed E-state index contributed by atoms with van der Waals surface area (Å²) in [4.78, 5) is 10.3. The fourth-order valence-electron chi connectivity index (χ4n) is 0.381. The van der Waals surface area contributed by atoms with Crippen LogP contribution in [-0.2, 0) is 14.3 Å². The normalized spacial score (nSPS) is 19.5. The molecule has 0 aromatic carbocycles. The van der Waals surface area contributed by atoms with Crippen LogP contribution in [0.2, 0.25) is 0 Å². The van der Waals surface area contributed by atoms with Crippen molar-refractivity contribution in [3.63, 3.8) is 0 Å². The molecule has 0 aromatic heterocycles. The highest BCUT2D eigenvalue weighted by atomic mass is 32.1. The number of cyclic esters (lactones) is 1. The molecule has 1 heterocycles. The predicted molar refractivity (Wildman–Crippen MR) is 29.3 cm³/mol. The third kappa shape index (κ3) is 1.16. The molecule has 1 aliphatic heterocycles. The molecule has 0 radical (unpaired) electrons. The van der Waals surface area contributed by atoms with Crippen molar-refractivity contribution in [3.05, 3.63) is 0 Å². The van der Waals surface area contributed by atoms with E-state index in [0.29, 0.717) is 5.05 Å². The van der Waals surface area contributed by atoms with Crippen LogP contribution in [0.15, 0.2) is 0 Å². The number of hydrogen-bond donors (Lipinski definition) is 0. The van der Waals surface area contributed by atoms with Gasteiger partial charge in [0.25, 0.3) is 0 Å². The molecule has 0 spiro atoms. The molecule has 0 saturated carbocycles. The van der Waals surface area contributed by atoms with Gasteiger partial charge in [-0.3, -0.25) is 4.79 Å². The first kappa shape index (κ1) is 5.50. The molecule has 0 N–H and O–H groups in total. The second-order valence-electron chi connectivity index (χ2n) is 1.33. The van der Waals surface area contributed by atoms with E-state index in [1.54, 1.807) is 0 Å². The van der Waals surface area contributed by atoms with E-state index in [0.717, 1.165) is 0 Å². The predicted octanol–water partition coefficient (Wildman–Crippen LogP) is 0.235. The Morgan fingerprint density at radius 1 is 1.50 bits per heavy atom. The van der Waals surface area contributed by atoms with Gasteiger partial charge in [-0.25, -0.2) is 0 Å². The Hall–Kier alpha value is -0.640. The molecule has 0 aliphatic carbocycles. The van der Waals surface area contributed by atoms with Crippen LogP contribution in [-0.4, -0.2) is 17.8 Å². The summed E-state index contributed by atoms with van der Waals surface area (Å²) in [5.74, 6) is -0.304. The summed E-state index contributed by atoms with van der Waals surface area (Å²) in [5, 5.41) is 0.321. The van der Waals surface area contributed by atoms with E-state index in [1.165, 1.54) is 0 Å². The molecule has 0 unspecified atom stereocenters. The lowest BCUT2D eigenvalue weighted by molar-refractivity contribution is -0.153. The standard InChI is InChI=1S/C4H4O3S/c5-3-1-4(8)7-2-6-3/h1-2H2. The molecule has 1 rings (SSSR count). The van der Waals surface area contributed by atoms with Crippen LogP contribution in [0.25, 0.3) is 0 Å². The van der Waals surface area contributed by atoms with Crippen molar-refractivity contribution >= 4 is 23.2 Å². The minimum absolute atomic E-state index is 0.0162. The van der Waals surface area contributed by atoms with Crippen molar-refractivity contribution in [2.45, 2.75) is 6.42 Å². The fourth-order valence-corrected chi connectivity index (χ4v) is 0.547. The van der Waals surface area contributed by atoms with Crippen LogP contribution < -0.4 is 0 Å². The highest BCUT2D eigenvalue weighted by Crippen LogP contribution is 1.99. The van der Waals surface area contributed by atoms with Gasteiger partial charge in [-0.1, -0.05) is 0 Å². The molecule has 4 heteroatoms. The summed E-state index contributed by atoms with van der Waals surface area (Å²) < 4.78 is 9.04. The van der Waals surface area contributed by atoms with E-state index in [4.69, 9.17) is 0 Å². The molecule has 0 amide bonds. The SMILES string of the molecule is O=C1CC(=S)OCO1. The van der Waals surface area contributed by atoms with Gasteiger partial charge in [0.15, 0.2) is 5.05 Å². The summed E-state index contributed by atoms with van der Waals surface area (Å²) in [6, 6.07) is 0. The maximum Gasteiger partial charge on any atom is 0.317 e. The number of ether oxygens (including phenoxy) is 2. The number of thiocarbonyl (C=S) groups is 1. The Labute approximate surface area is 51.6 Å². The molecule has 1 saturated heterocycles. The average Bonchev–Trinajstić information content (AvgIpc) is 1.64. The van der Waals surface area contributed by atoms with Crippen LogP contribution in [0, 0.1) is 0 Å². The van der Waals surface area contributed by atoms with Crippen LogP contribution in [0.4, 0.5) is 0 Å². The van der Waals surface area contributed by atoms with E-state index in [1.807, 2.05) is 0 Å². The summed E-state index contributed by atoms with van der Waals surface area (Å²) >= 11 is 4.56. The molecular weight excluding hydrogens is 128 g/mol. The molecule has 44 valence electrons. The minimum Gasteiger partial charge on any atom is -0.450 e. The average molecular weight is 132 g/mol. The van der Waals surface area contributed by atoms with Gasteiger partial charge in [-0.05, 0) is 12.2 Å². The summed E-state index contributed by atoms with van der Waals surface area (Å²) in [6.07, 6.45) is 0.120. The van der Waals surface area contributed by atoms with E-state index >= 15 is 0 Å². The van der Waals surface area contributed by atoms with Gasteiger partial charge in [0.1, 0.15) is 6.42 Å². The number of esters is 1. The van der Waals surface area contributed by atoms with E-state index < -0.39 is 0 Å². The van der Waals surface area contributed by atoms with Gasteiger partial charge >= 0.3 is 5.97 Å². The Balaban J connectivity index is 2.45. The number of rotatable bonds is 0. The smallest absolute Gasteiger partial charge is 0.317 e. The lowest BCUT2D eigenvalue weighted by Gasteiger charge is -2.12. The first-order valence-electron chi connectivity index (χ1n) is 2.10. The van der Waals surface area contributed by atoms with Gasteiger partial charge in [0.2, 0.25) is 6.79 Å². The third-order valence-electron chi connectivity index (χ3n) is 0.729. The molecule has 0 atom stereocenters. The zero-order valence-electron chi connectivity index (χ0n) is 4.05. The Kier molecular flexibility index (Phi) is 1.43. The molecular formula is C4H4O3S. The second kappa shape index (κ2) is 2.09. The zero-order chi connectivity index (χ0) is 5.98. The van der Waals surface area contributed by atoms with E-state index in [2.05, 4.69) is 21.7 Å². The zero-order valence-corrected chi connectivity index (χ0v) is 4.86. The number of carbonyl (C=O) groups excluding carboxylic acids is 1. The van der Waals surface area contributed by atoms with Gasteiger partial charge in [0.05, 0.1) is 0 Å². The van der Waals surface area contributed by atoms with Crippen molar-refractivity contribution in [3.8, 4) is 0 Å². The summed E-state index contributed by atoms with van der Waals surface area (Å²) in [7, 11) is 0. The van der Waals surface area contributed by atoms with Crippen molar-refractivity contribution in [2.24, 2.45) is 0 Å². The van der Waals surface area contributed by atoms with Crippen LogP contribution in [0.1, 0.15) is 6.42 Å². The lowest BCUT2D eigenvalue weighted by atomic mass is 10.4. The number of hydrogen-bond acceptors (Lipinski definition) is 4.